The van der Waals surface area contributed by atoms with Gasteiger partial charge in [0, 0.05) is 18.7 Å². The van der Waals surface area contributed by atoms with Gasteiger partial charge in [0.2, 0.25) is 5.91 Å². The van der Waals surface area contributed by atoms with E-state index in [1.807, 2.05) is 0 Å². The third-order valence-corrected chi connectivity index (χ3v) is 2.57. The molecule has 2 unspecified atom stereocenters. The van der Waals surface area contributed by atoms with Crippen LogP contribution in [0.3, 0.4) is 0 Å². The summed E-state index contributed by atoms with van der Waals surface area (Å²) >= 11 is 0. The van der Waals surface area contributed by atoms with E-state index in [1.54, 1.807) is 24.7 Å². The number of carboxylic acid groups (broad SMARTS) is 1. The quantitative estimate of drug-likeness (QED) is 0.723. The minimum Gasteiger partial charge on any atom is -0.481 e. The van der Waals surface area contributed by atoms with Crippen molar-refractivity contribution < 1.29 is 14.7 Å². The molecule has 0 aliphatic carbocycles. The molecule has 0 radical (unpaired) electrons. The first-order valence-electron chi connectivity index (χ1n) is 5.37. The Hall–Kier alpha value is -1.92. The summed E-state index contributed by atoms with van der Waals surface area (Å²) in [6.45, 7) is 3.66. The second kappa shape index (κ2) is 5.97. The third kappa shape index (κ3) is 4.21. The second-order valence-corrected chi connectivity index (χ2v) is 3.90. The number of carbonyl (C=O) groups is 2. The van der Waals surface area contributed by atoms with Gasteiger partial charge < -0.3 is 10.4 Å². The number of hydrogen-bond acceptors (Lipinski definition) is 4. The van der Waals surface area contributed by atoms with Crippen LogP contribution in [-0.2, 0) is 16.1 Å². The maximum absolute atomic E-state index is 11.5. The smallest absolute Gasteiger partial charge is 0.308 e. The number of amides is 1. The lowest BCUT2D eigenvalue weighted by Gasteiger charge is -2.17. The summed E-state index contributed by atoms with van der Waals surface area (Å²) in [6.07, 6.45) is 3.45. The Morgan fingerprint density at radius 3 is 2.71 bits per heavy atom. The first kappa shape index (κ1) is 13.1. The summed E-state index contributed by atoms with van der Waals surface area (Å²) in [5.74, 6) is -1.72. The lowest BCUT2D eigenvalue weighted by molar-refractivity contribution is -0.142. The van der Waals surface area contributed by atoms with Crippen LogP contribution >= 0.6 is 0 Å². The highest BCUT2D eigenvalue weighted by Crippen LogP contribution is 2.02. The zero-order valence-electron chi connectivity index (χ0n) is 9.83. The second-order valence-electron chi connectivity index (χ2n) is 3.90. The van der Waals surface area contributed by atoms with Crippen molar-refractivity contribution in [3.8, 4) is 0 Å². The van der Waals surface area contributed by atoms with Crippen LogP contribution in [0.2, 0.25) is 0 Å². The molecule has 0 aliphatic rings. The molecule has 7 heteroatoms. The van der Waals surface area contributed by atoms with Crippen molar-refractivity contribution in [2.45, 2.75) is 32.9 Å². The summed E-state index contributed by atoms with van der Waals surface area (Å²) in [7, 11) is 0. The third-order valence-electron chi connectivity index (χ3n) is 2.57. The van der Waals surface area contributed by atoms with Crippen molar-refractivity contribution in [2.75, 3.05) is 0 Å². The van der Waals surface area contributed by atoms with Gasteiger partial charge in [-0.1, -0.05) is 5.21 Å². The summed E-state index contributed by atoms with van der Waals surface area (Å²) < 4.78 is 1.55. The molecule has 0 aliphatic heterocycles. The number of aromatic nitrogens is 3. The predicted molar refractivity (Wildman–Crippen MR) is 59.0 cm³/mol. The number of rotatable bonds is 6. The number of nitrogens with one attached hydrogen (secondary N) is 1. The molecule has 0 aromatic carbocycles. The van der Waals surface area contributed by atoms with Crippen molar-refractivity contribution in [3.63, 3.8) is 0 Å². The number of carbonyl (C=O) groups excluding carboxylic acids is 1. The predicted octanol–water partition coefficient (Wildman–Crippen LogP) is -0.106. The van der Waals surface area contributed by atoms with Gasteiger partial charge in [-0.2, -0.15) is 0 Å². The summed E-state index contributed by atoms with van der Waals surface area (Å²) in [5.41, 5.74) is 0. The van der Waals surface area contributed by atoms with E-state index in [-0.39, 0.29) is 12.3 Å². The van der Waals surface area contributed by atoms with Gasteiger partial charge in [0.25, 0.3) is 0 Å². The standard InChI is InChI=1S/C10H16N4O3/c1-7(10(16)17)8(2)12-9(15)3-5-14-6-4-11-13-14/h4,6-8H,3,5H2,1-2H3,(H,12,15)(H,16,17). The monoisotopic (exact) mass is 240 g/mol. The average molecular weight is 240 g/mol. The van der Waals surface area contributed by atoms with E-state index in [4.69, 9.17) is 5.11 Å². The molecular weight excluding hydrogens is 224 g/mol. The fourth-order valence-corrected chi connectivity index (χ4v) is 1.23. The van der Waals surface area contributed by atoms with Crippen molar-refractivity contribution in [2.24, 2.45) is 5.92 Å². The Bertz CT molecular complexity index is 377. The summed E-state index contributed by atoms with van der Waals surface area (Å²) in [4.78, 5) is 22.2. The van der Waals surface area contributed by atoms with Crippen LogP contribution < -0.4 is 5.32 Å². The summed E-state index contributed by atoms with van der Waals surface area (Å²) in [6, 6.07) is -0.393. The Morgan fingerprint density at radius 2 is 2.18 bits per heavy atom. The topological polar surface area (TPSA) is 97.1 Å². The van der Waals surface area contributed by atoms with E-state index in [1.165, 1.54) is 6.20 Å². The molecule has 7 nitrogen and oxygen atoms in total. The van der Waals surface area contributed by atoms with Crippen LogP contribution in [0.1, 0.15) is 20.3 Å². The van der Waals surface area contributed by atoms with E-state index >= 15 is 0 Å². The van der Waals surface area contributed by atoms with E-state index in [0.717, 1.165) is 0 Å². The number of hydrogen-bond donors (Lipinski definition) is 2. The molecule has 2 atom stereocenters. The van der Waals surface area contributed by atoms with Crippen LogP contribution in [0.4, 0.5) is 0 Å². The fraction of sp³-hybridized carbons (Fsp3) is 0.600. The van der Waals surface area contributed by atoms with Gasteiger partial charge in [-0.25, -0.2) is 0 Å². The molecule has 0 saturated heterocycles. The zero-order chi connectivity index (χ0) is 12.8. The molecule has 0 bridgehead atoms. The highest BCUT2D eigenvalue weighted by atomic mass is 16.4. The van der Waals surface area contributed by atoms with Gasteiger partial charge in [-0.05, 0) is 13.8 Å². The van der Waals surface area contributed by atoms with Crippen LogP contribution in [0.5, 0.6) is 0 Å². The molecule has 0 fully saturated rings. The van der Waals surface area contributed by atoms with Crippen molar-refractivity contribution in [3.05, 3.63) is 12.4 Å². The average Bonchev–Trinajstić information content (AvgIpc) is 2.77. The van der Waals surface area contributed by atoms with Gasteiger partial charge in [0.05, 0.1) is 18.7 Å². The maximum Gasteiger partial charge on any atom is 0.308 e. The molecule has 2 N–H and O–H groups in total. The first-order chi connectivity index (χ1) is 8.00. The minimum absolute atomic E-state index is 0.193. The maximum atomic E-state index is 11.5. The highest BCUT2D eigenvalue weighted by Gasteiger charge is 2.20. The summed E-state index contributed by atoms with van der Waals surface area (Å²) in [5, 5.41) is 18.8. The van der Waals surface area contributed by atoms with Gasteiger partial charge in [0.1, 0.15) is 0 Å². The molecular formula is C10H16N4O3. The lowest BCUT2D eigenvalue weighted by atomic mass is 10.0. The van der Waals surface area contributed by atoms with E-state index in [9.17, 15) is 9.59 Å². The molecule has 1 amide bonds. The number of aliphatic carboxylic acids is 1. The molecule has 1 aromatic heterocycles. The Balaban J connectivity index is 2.32. The van der Waals surface area contributed by atoms with E-state index in [2.05, 4.69) is 15.6 Å². The number of carboxylic acids is 1. The SMILES string of the molecule is CC(NC(=O)CCn1ccnn1)C(C)C(=O)O. The van der Waals surface area contributed by atoms with Crippen molar-refractivity contribution in [1.82, 2.24) is 20.3 Å². The first-order valence-corrected chi connectivity index (χ1v) is 5.37. The molecule has 94 valence electrons. The van der Waals surface area contributed by atoms with Crippen LogP contribution in [0.25, 0.3) is 0 Å². The van der Waals surface area contributed by atoms with Crippen LogP contribution in [0, 0.1) is 5.92 Å². The Morgan fingerprint density at radius 1 is 1.47 bits per heavy atom. The molecule has 0 spiro atoms. The van der Waals surface area contributed by atoms with Gasteiger partial charge >= 0.3 is 5.97 Å². The molecule has 17 heavy (non-hydrogen) atoms. The molecule has 1 rings (SSSR count). The normalized spacial score (nSPS) is 14.0. The number of aryl methyl sites for hydroxylation is 1. The molecule has 0 saturated carbocycles. The molecule has 1 heterocycles. The highest BCUT2D eigenvalue weighted by molar-refractivity contribution is 5.77. The van der Waals surface area contributed by atoms with E-state index < -0.39 is 17.9 Å². The Kier molecular flexibility index (Phi) is 4.62. The van der Waals surface area contributed by atoms with Gasteiger partial charge in [-0.3, -0.25) is 14.3 Å². The molecule has 1 aromatic rings. The Labute approximate surface area is 98.8 Å². The largest absolute Gasteiger partial charge is 0.481 e. The zero-order valence-corrected chi connectivity index (χ0v) is 9.83. The minimum atomic E-state index is -0.922. The van der Waals surface area contributed by atoms with Crippen molar-refractivity contribution in [1.29, 1.82) is 0 Å². The lowest BCUT2D eigenvalue weighted by Crippen LogP contribution is -2.40. The van der Waals surface area contributed by atoms with Crippen LogP contribution in [-0.4, -0.2) is 38.0 Å². The van der Waals surface area contributed by atoms with Gasteiger partial charge in [-0.15, -0.1) is 5.10 Å². The van der Waals surface area contributed by atoms with Crippen LogP contribution in [0.15, 0.2) is 12.4 Å². The number of nitrogens with zero attached hydrogens (tertiary/aromatic N) is 3. The van der Waals surface area contributed by atoms with Gasteiger partial charge in [0.15, 0.2) is 0 Å². The fourth-order valence-electron chi connectivity index (χ4n) is 1.23. The van der Waals surface area contributed by atoms with Crippen molar-refractivity contribution >= 4 is 11.9 Å². The van der Waals surface area contributed by atoms with E-state index in [0.29, 0.717) is 6.54 Å².